The predicted molar refractivity (Wildman–Crippen MR) is 203 cm³/mol. The van der Waals surface area contributed by atoms with Gasteiger partial charge >= 0.3 is 206 Å². The monoisotopic (exact) mass is 838 g/mol. The molecular weight excluding hydrogens is 808 g/mol. The van der Waals surface area contributed by atoms with E-state index in [9.17, 15) is 47.7 Å². The van der Waals surface area contributed by atoms with Gasteiger partial charge < -0.3 is 0 Å². The van der Waals surface area contributed by atoms with Gasteiger partial charge in [-0.15, -0.1) is 0 Å². The van der Waals surface area contributed by atoms with E-state index >= 15 is 0 Å². The average Bonchev–Trinajstić information content (AvgIpc) is 3.18. The normalized spacial score (nSPS) is 13.5. The van der Waals surface area contributed by atoms with Gasteiger partial charge in [0.25, 0.3) is 7.37 Å². The van der Waals surface area contributed by atoms with Crippen molar-refractivity contribution in [3.63, 3.8) is 0 Å². The quantitative estimate of drug-likeness (QED) is 0.0805. The summed E-state index contributed by atoms with van der Waals surface area (Å²) in [7, 11) is -16.5. The average molecular weight is 839 g/mol. The molecule has 55 heavy (non-hydrogen) atoms. The molecule has 0 bridgehead atoms. The van der Waals surface area contributed by atoms with Crippen LogP contribution in [0.3, 0.4) is 0 Å². The van der Waals surface area contributed by atoms with Gasteiger partial charge in [0.15, 0.2) is 0 Å². The Bertz CT molecular complexity index is 2250. The second kappa shape index (κ2) is 15.9. The zero-order chi connectivity index (χ0) is 40.0. The Balaban J connectivity index is 0.000000229. The van der Waals surface area contributed by atoms with E-state index in [2.05, 4.69) is 3.97 Å². The first kappa shape index (κ1) is 41.5. The number of hydrogen-bond donors (Lipinski definition) is 0. The minimum atomic E-state index is -6.05. The van der Waals surface area contributed by atoms with Crippen molar-refractivity contribution in [3.8, 4) is 0 Å². The molecule has 0 atom stereocenters. The maximum absolute atomic E-state index is 13.9. The molecule has 0 aliphatic rings. The van der Waals surface area contributed by atoms with Crippen LogP contribution in [0, 0.1) is 0 Å². The van der Waals surface area contributed by atoms with Crippen molar-refractivity contribution >= 4 is 66.3 Å². The van der Waals surface area contributed by atoms with Crippen molar-refractivity contribution in [1.82, 2.24) is 0 Å². The van der Waals surface area contributed by atoms with Crippen molar-refractivity contribution in [2.45, 2.75) is 11.0 Å². The molecule has 17 heteroatoms. The molecule has 7 nitrogen and oxygen atoms in total. The molecule has 0 amide bonds. The predicted octanol–water partition coefficient (Wildman–Crippen LogP) is 7.40. The first-order chi connectivity index (χ1) is 25.9. The van der Waals surface area contributed by atoms with E-state index < -0.39 is 45.5 Å². The summed E-state index contributed by atoms with van der Waals surface area (Å²) in [6, 6.07) is 46.9. The van der Waals surface area contributed by atoms with Gasteiger partial charge in [-0.1, -0.05) is 36.4 Å². The van der Waals surface area contributed by atoms with Crippen LogP contribution in [-0.4, -0.2) is 27.9 Å². The fourth-order valence-corrected chi connectivity index (χ4v) is 17.4. The summed E-state index contributed by atoms with van der Waals surface area (Å²) in [4.78, 5) is 0. The third-order valence-electron chi connectivity index (χ3n) is 8.21. The number of rotatable bonds is 10. The van der Waals surface area contributed by atoms with Crippen LogP contribution < -0.4 is 31.8 Å². The molecule has 288 valence electrons. The van der Waals surface area contributed by atoms with E-state index in [-0.39, 0.29) is 10.6 Å². The molecule has 6 aromatic carbocycles. The van der Waals surface area contributed by atoms with Crippen LogP contribution >= 0.6 is 14.2 Å². The molecule has 6 aromatic rings. The summed E-state index contributed by atoms with van der Waals surface area (Å²) in [5.74, 6) is 0. The van der Waals surface area contributed by atoms with E-state index in [1.165, 1.54) is 48.5 Å². The van der Waals surface area contributed by atoms with Gasteiger partial charge in [0.05, 0.1) is 0 Å². The van der Waals surface area contributed by atoms with Crippen LogP contribution in [-0.2, 0) is 32.7 Å². The third-order valence-corrected chi connectivity index (χ3v) is 20.0. The SMILES string of the molecule is O=P(OS(=O)(=O)C(F)(F)F)(c1ccccc1)c1ccccc1.O=S(=O)(OP(c1ccccc1)(c1ccccc1)(c1ccccc1)c1ccccc1)C(F)(F)F. The number of benzene rings is 6. The van der Waals surface area contributed by atoms with Gasteiger partial charge in [0.1, 0.15) is 0 Å². The number of alkyl halides is 6. The van der Waals surface area contributed by atoms with E-state index in [1.807, 2.05) is 0 Å². The Morgan fingerprint density at radius 3 is 0.873 bits per heavy atom. The van der Waals surface area contributed by atoms with Gasteiger partial charge in [-0.25, -0.2) is 0 Å². The van der Waals surface area contributed by atoms with Crippen molar-refractivity contribution < 1.29 is 55.7 Å². The van der Waals surface area contributed by atoms with Crippen molar-refractivity contribution in [2.24, 2.45) is 0 Å². The van der Waals surface area contributed by atoms with Crippen molar-refractivity contribution in [3.05, 3.63) is 182 Å². The van der Waals surface area contributed by atoms with Crippen LogP contribution in [0.25, 0.3) is 0 Å². The van der Waals surface area contributed by atoms with E-state index in [1.54, 1.807) is 133 Å². The third kappa shape index (κ3) is 7.91. The summed E-state index contributed by atoms with van der Waals surface area (Å²) in [6.45, 7) is -4.94. The first-order valence-electron chi connectivity index (χ1n) is 15.9. The Hall–Kier alpha value is -4.62. The van der Waals surface area contributed by atoms with Crippen LogP contribution in [0.15, 0.2) is 182 Å². The first-order valence-corrected chi connectivity index (χ1v) is 22.5. The van der Waals surface area contributed by atoms with Gasteiger partial charge in [-0.3, -0.25) is 4.57 Å². The number of hydrogen-bond acceptors (Lipinski definition) is 7. The summed E-state index contributed by atoms with van der Waals surface area (Å²) < 4.78 is 151. The molecule has 0 saturated carbocycles. The molecule has 0 heterocycles. The van der Waals surface area contributed by atoms with Crippen molar-refractivity contribution in [1.29, 1.82) is 0 Å². The molecule has 0 N–H and O–H groups in total. The Kier molecular flexibility index (Phi) is 12.0. The summed E-state index contributed by atoms with van der Waals surface area (Å²) in [5, 5.41) is 1.04. The van der Waals surface area contributed by atoms with Crippen LogP contribution in [0.4, 0.5) is 26.3 Å². The second-order valence-electron chi connectivity index (χ2n) is 11.5. The maximum atomic E-state index is 13.9. The van der Waals surface area contributed by atoms with Gasteiger partial charge in [-0.2, -0.15) is 25.6 Å². The zero-order valence-electron chi connectivity index (χ0n) is 28.2. The minimum absolute atomic E-state index is 0.144. The fraction of sp³-hybridized carbons (Fsp3) is 0.0526. The second-order valence-corrected chi connectivity index (χ2v) is 21.8. The van der Waals surface area contributed by atoms with Crippen LogP contribution in [0.5, 0.6) is 0 Å². The molecule has 0 radical (unpaired) electrons. The van der Waals surface area contributed by atoms with Gasteiger partial charge in [0.2, 0.25) is 0 Å². The molecule has 0 aliphatic carbocycles. The molecule has 0 spiro atoms. The van der Waals surface area contributed by atoms with Crippen LogP contribution in [0.2, 0.25) is 0 Å². The van der Waals surface area contributed by atoms with Gasteiger partial charge in [0, 0.05) is 10.6 Å². The fourth-order valence-electron chi connectivity index (χ4n) is 5.82. The van der Waals surface area contributed by atoms with Gasteiger partial charge in [-0.05, 0) is 24.3 Å². The van der Waals surface area contributed by atoms with Crippen molar-refractivity contribution in [2.75, 3.05) is 0 Å². The van der Waals surface area contributed by atoms with Crippen LogP contribution in [0.1, 0.15) is 0 Å². The number of halogens is 6. The molecule has 0 aromatic heterocycles. The standard InChI is InChI=1S/C25H20F3O3PS.C13H10F3O4PS/c26-25(27,28)33(29,30)31-32(21-13-5-1-6-14-21,22-15-7-2-8-16-22,23-17-9-3-10-18-23)24-19-11-4-12-20-24;14-13(15,16)22(18,19)20-21(17,11-7-3-1-4-8-11)12-9-5-2-6-10-12/h1-20H;1-10H. The topological polar surface area (TPSA) is 104 Å². The Morgan fingerprint density at radius 2 is 0.636 bits per heavy atom. The molecule has 0 unspecified atom stereocenters. The molecule has 0 fully saturated rings. The summed E-state index contributed by atoms with van der Waals surface area (Å²) in [6.07, 6.45) is 0. The Morgan fingerprint density at radius 1 is 0.400 bits per heavy atom. The van der Waals surface area contributed by atoms with E-state index in [0.29, 0.717) is 21.2 Å². The molecule has 0 aliphatic heterocycles. The van der Waals surface area contributed by atoms with E-state index in [0.717, 1.165) is 0 Å². The molecule has 6 rings (SSSR count). The molecular formula is C38H30F6O7P2S2. The van der Waals surface area contributed by atoms with E-state index in [4.69, 9.17) is 3.97 Å². The summed E-state index contributed by atoms with van der Waals surface area (Å²) >= 11 is 0. The molecule has 0 saturated heterocycles. The summed E-state index contributed by atoms with van der Waals surface area (Å²) in [5.41, 5.74) is -11.3. The Labute approximate surface area is 313 Å². The zero-order valence-corrected chi connectivity index (χ0v) is 31.6.